The maximum Gasteiger partial charge on any atom is 0.355 e. The van der Waals surface area contributed by atoms with Gasteiger partial charge in [-0.05, 0) is 49.8 Å². The molecule has 0 saturated carbocycles. The van der Waals surface area contributed by atoms with Crippen molar-refractivity contribution in [1.82, 2.24) is 5.32 Å². The van der Waals surface area contributed by atoms with Gasteiger partial charge in [-0.3, -0.25) is 14.4 Å². The molecule has 0 aliphatic rings. The first kappa shape index (κ1) is 21.6. The fourth-order valence-electron chi connectivity index (χ4n) is 2.36. The van der Waals surface area contributed by atoms with Gasteiger partial charge in [0.25, 0.3) is 5.91 Å². The number of nitrogens with one attached hydrogen (secondary N) is 2. The SMILES string of the molecule is CC(=O)N/C(=C\c1ccccc1)C(=O)O[C@H](C)C(=O)Nc1ccc(C(C)=O)cc1. The van der Waals surface area contributed by atoms with Gasteiger partial charge in [-0.1, -0.05) is 30.3 Å². The first-order valence-electron chi connectivity index (χ1n) is 8.93. The Morgan fingerprint density at radius 1 is 0.931 bits per heavy atom. The predicted octanol–water partition coefficient (Wildman–Crippen LogP) is 2.94. The Kier molecular flexibility index (Phi) is 7.42. The fourth-order valence-corrected chi connectivity index (χ4v) is 2.36. The second-order valence-electron chi connectivity index (χ2n) is 6.32. The summed E-state index contributed by atoms with van der Waals surface area (Å²) < 4.78 is 5.19. The highest BCUT2D eigenvalue weighted by molar-refractivity contribution is 6.01. The molecule has 0 aromatic heterocycles. The lowest BCUT2D eigenvalue weighted by Crippen LogP contribution is -2.33. The lowest BCUT2D eigenvalue weighted by Gasteiger charge is -2.15. The Morgan fingerprint density at radius 2 is 1.55 bits per heavy atom. The third-order valence-electron chi connectivity index (χ3n) is 3.85. The van der Waals surface area contributed by atoms with Gasteiger partial charge in [0.15, 0.2) is 11.9 Å². The summed E-state index contributed by atoms with van der Waals surface area (Å²) in [6.45, 7) is 4.14. The van der Waals surface area contributed by atoms with Crippen molar-refractivity contribution in [2.24, 2.45) is 0 Å². The average Bonchev–Trinajstić information content (AvgIpc) is 2.68. The summed E-state index contributed by atoms with van der Waals surface area (Å²) in [6.07, 6.45) is 0.359. The highest BCUT2D eigenvalue weighted by atomic mass is 16.5. The third-order valence-corrected chi connectivity index (χ3v) is 3.85. The van der Waals surface area contributed by atoms with Crippen LogP contribution in [0.4, 0.5) is 5.69 Å². The van der Waals surface area contributed by atoms with Gasteiger partial charge in [0.1, 0.15) is 5.70 Å². The molecule has 2 amide bonds. The predicted molar refractivity (Wildman–Crippen MR) is 109 cm³/mol. The largest absolute Gasteiger partial charge is 0.448 e. The molecule has 2 aromatic rings. The number of benzene rings is 2. The molecular formula is C22H22N2O5. The zero-order chi connectivity index (χ0) is 21.4. The molecule has 0 saturated heterocycles. The van der Waals surface area contributed by atoms with Crippen molar-refractivity contribution in [2.45, 2.75) is 26.9 Å². The molecule has 29 heavy (non-hydrogen) atoms. The van der Waals surface area contributed by atoms with Crippen LogP contribution in [0, 0.1) is 0 Å². The molecule has 0 bridgehead atoms. The van der Waals surface area contributed by atoms with Crippen LogP contribution in [-0.2, 0) is 19.1 Å². The summed E-state index contributed by atoms with van der Waals surface area (Å²) in [4.78, 5) is 47.5. The molecule has 0 fully saturated rings. The number of hydrogen-bond donors (Lipinski definition) is 2. The normalized spacial score (nSPS) is 11.9. The van der Waals surface area contributed by atoms with Gasteiger partial charge < -0.3 is 15.4 Å². The van der Waals surface area contributed by atoms with Crippen molar-refractivity contribution in [3.8, 4) is 0 Å². The van der Waals surface area contributed by atoms with E-state index in [1.807, 2.05) is 6.07 Å². The lowest BCUT2D eigenvalue weighted by molar-refractivity contribution is -0.149. The molecule has 1 atom stereocenters. The number of amides is 2. The summed E-state index contributed by atoms with van der Waals surface area (Å²) in [6, 6.07) is 15.3. The standard InChI is InChI=1S/C22H22N2O5/c1-14(25)18-9-11-19(12-10-18)24-21(27)15(2)29-22(28)20(23-16(3)26)13-17-7-5-4-6-8-17/h4-13,15H,1-3H3,(H,23,26)(H,24,27)/b20-13-/t15-/m1/s1. The molecule has 0 heterocycles. The smallest absolute Gasteiger partial charge is 0.355 e. The topological polar surface area (TPSA) is 102 Å². The van der Waals surface area contributed by atoms with Crippen molar-refractivity contribution < 1.29 is 23.9 Å². The van der Waals surface area contributed by atoms with E-state index >= 15 is 0 Å². The van der Waals surface area contributed by atoms with E-state index in [4.69, 9.17) is 4.74 Å². The number of carbonyl (C=O) groups excluding carboxylic acids is 4. The summed E-state index contributed by atoms with van der Waals surface area (Å²) >= 11 is 0. The molecule has 150 valence electrons. The van der Waals surface area contributed by atoms with Gasteiger partial charge in [-0.2, -0.15) is 0 Å². The van der Waals surface area contributed by atoms with E-state index < -0.39 is 23.9 Å². The Labute approximate surface area is 168 Å². The molecule has 0 unspecified atom stereocenters. The number of ether oxygens (including phenoxy) is 1. The number of esters is 1. The Bertz CT molecular complexity index is 933. The van der Waals surface area contributed by atoms with E-state index in [1.54, 1.807) is 48.5 Å². The van der Waals surface area contributed by atoms with Gasteiger partial charge >= 0.3 is 5.97 Å². The van der Waals surface area contributed by atoms with E-state index in [0.29, 0.717) is 16.8 Å². The summed E-state index contributed by atoms with van der Waals surface area (Å²) in [5.41, 5.74) is 1.60. The summed E-state index contributed by atoms with van der Waals surface area (Å²) in [5.74, 6) is -1.90. The van der Waals surface area contributed by atoms with Crippen LogP contribution in [-0.4, -0.2) is 29.7 Å². The van der Waals surface area contributed by atoms with E-state index in [9.17, 15) is 19.2 Å². The lowest BCUT2D eigenvalue weighted by atomic mass is 10.1. The summed E-state index contributed by atoms with van der Waals surface area (Å²) in [5, 5.41) is 5.03. The zero-order valence-corrected chi connectivity index (χ0v) is 16.4. The summed E-state index contributed by atoms with van der Waals surface area (Å²) in [7, 11) is 0. The first-order valence-corrected chi connectivity index (χ1v) is 8.93. The molecule has 2 rings (SSSR count). The van der Waals surface area contributed by atoms with Gasteiger partial charge in [-0.15, -0.1) is 0 Å². The first-order chi connectivity index (χ1) is 13.8. The quantitative estimate of drug-likeness (QED) is 0.427. The number of carbonyl (C=O) groups is 4. The second-order valence-corrected chi connectivity index (χ2v) is 6.32. The van der Waals surface area contributed by atoms with Crippen LogP contribution in [0.15, 0.2) is 60.3 Å². The second kappa shape index (κ2) is 9.98. The number of Topliss-reactive ketones (excluding diaryl/α,β-unsaturated/α-hetero) is 1. The van der Waals surface area contributed by atoms with E-state index in [-0.39, 0.29) is 11.5 Å². The van der Waals surface area contributed by atoms with E-state index in [2.05, 4.69) is 10.6 Å². The number of rotatable bonds is 7. The van der Waals surface area contributed by atoms with Crippen molar-refractivity contribution in [3.05, 3.63) is 71.4 Å². The maximum atomic E-state index is 12.4. The molecular weight excluding hydrogens is 372 g/mol. The highest BCUT2D eigenvalue weighted by Gasteiger charge is 2.21. The molecule has 2 N–H and O–H groups in total. The minimum atomic E-state index is -1.11. The van der Waals surface area contributed by atoms with Crippen LogP contribution < -0.4 is 10.6 Å². The van der Waals surface area contributed by atoms with Crippen molar-refractivity contribution in [1.29, 1.82) is 0 Å². The van der Waals surface area contributed by atoms with Crippen LogP contribution in [0.3, 0.4) is 0 Å². The molecule has 0 radical (unpaired) electrons. The number of ketones is 1. The van der Waals surface area contributed by atoms with E-state index in [1.165, 1.54) is 26.8 Å². The zero-order valence-electron chi connectivity index (χ0n) is 16.4. The Hall–Kier alpha value is -3.74. The van der Waals surface area contributed by atoms with Crippen molar-refractivity contribution in [2.75, 3.05) is 5.32 Å². The average molecular weight is 394 g/mol. The molecule has 2 aromatic carbocycles. The fraction of sp³-hybridized carbons (Fsp3) is 0.182. The Morgan fingerprint density at radius 3 is 2.10 bits per heavy atom. The third kappa shape index (κ3) is 6.73. The van der Waals surface area contributed by atoms with Crippen LogP contribution in [0.2, 0.25) is 0 Å². The van der Waals surface area contributed by atoms with Gasteiger partial charge in [0.2, 0.25) is 5.91 Å². The van der Waals surface area contributed by atoms with Gasteiger partial charge in [-0.25, -0.2) is 4.79 Å². The van der Waals surface area contributed by atoms with Gasteiger partial charge in [0, 0.05) is 18.2 Å². The molecule has 0 spiro atoms. The maximum absolute atomic E-state index is 12.4. The van der Waals surface area contributed by atoms with E-state index in [0.717, 1.165) is 0 Å². The highest BCUT2D eigenvalue weighted by Crippen LogP contribution is 2.12. The van der Waals surface area contributed by atoms with Crippen LogP contribution in [0.1, 0.15) is 36.7 Å². The molecule has 0 aliphatic heterocycles. The minimum Gasteiger partial charge on any atom is -0.448 e. The van der Waals surface area contributed by atoms with Crippen LogP contribution in [0.25, 0.3) is 6.08 Å². The molecule has 0 aliphatic carbocycles. The van der Waals surface area contributed by atoms with Crippen molar-refractivity contribution >= 4 is 35.3 Å². The number of anilines is 1. The molecule has 7 nitrogen and oxygen atoms in total. The Balaban J connectivity index is 2.05. The number of hydrogen-bond acceptors (Lipinski definition) is 5. The minimum absolute atomic E-state index is 0.0749. The van der Waals surface area contributed by atoms with Crippen LogP contribution >= 0.6 is 0 Å². The monoisotopic (exact) mass is 394 g/mol. The van der Waals surface area contributed by atoms with Crippen LogP contribution in [0.5, 0.6) is 0 Å². The van der Waals surface area contributed by atoms with Gasteiger partial charge in [0.05, 0.1) is 0 Å². The molecule has 7 heteroatoms. The van der Waals surface area contributed by atoms with Crippen molar-refractivity contribution in [3.63, 3.8) is 0 Å².